The number of benzene rings is 1. The molecule has 0 spiro atoms. The van der Waals surface area contributed by atoms with Crippen LogP contribution in [0.2, 0.25) is 0 Å². The van der Waals surface area contributed by atoms with E-state index in [-0.39, 0.29) is 0 Å². The standard InChI is InChI=1S/C16H25N/c1-2-13-5-3-7-15(10-9-13)16-8-4-6-14(11-16)12-17/h4,6,8,11,13,15H,2-3,5,7,9-10,12,17H2,1H3. The van der Waals surface area contributed by atoms with Gasteiger partial charge < -0.3 is 5.73 Å². The van der Waals surface area contributed by atoms with E-state index < -0.39 is 0 Å². The second-order valence-electron chi connectivity index (χ2n) is 5.43. The molecule has 0 radical (unpaired) electrons. The molecule has 0 heterocycles. The van der Waals surface area contributed by atoms with Gasteiger partial charge in [-0.05, 0) is 42.2 Å². The van der Waals surface area contributed by atoms with Crippen molar-refractivity contribution in [1.29, 1.82) is 0 Å². The molecule has 0 aliphatic heterocycles. The summed E-state index contributed by atoms with van der Waals surface area (Å²) in [6, 6.07) is 8.90. The van der Waals surface area contributed by atoms with Gasteiger partial charge in [0.15, 0.2) is 0 Å². The minimum Gasteiger partial charge on any atom is -0.326 e. The average molecular weight is 231 g/mol. The summed E-state index contributed by atoms with van der Waals surface area (Å²) in [5.74, 6) is 1.75. The number of hydrogen-bond donors (Lipinski definition) is 1. The van der Waals surface area contributed by atoms with Crippen LogP contribution >= 0.6 is 0 Å². The van der Waals surface area contributed by atoms with Gasteiger partial charge in [0.05, 0.1) is 0 Å². The lowest BCUT2D eigenvalue weighted by atomic mass is 9.90. The van der Waals surface area contributed by atoms with Gasteiger partial charge in [0.2, 0.25) is 0 Å². The Kier molecular flexibility index (Phi) is 4.61. The molecule has 1 nitrogen and oxygen atoms in total. The topological polar surface area (TPSA) is 26.0 Å². The van der Waals surface area contributed by atoms with Crippen molar-refractivity contribution in [3.8, 4) is 0 Å². The maximum absolute atomic E-state index is 5.72. The van der Waals surface area contributed by atoms with Crippen molar-refractivity contribution in [2.24, 2.45) is 11.7 Å². The second-order valence-corrected chi connectivity index (χ2v) is 5.43. The molecule has 0 bridgehead atoms. The van der Waals surface area contributed by atoms with E-state index in [0.717, 1.165) is 11.8 Å². The van der Waals surface area contributed by atoms with Crippen LogP contribution in [0.3, 0.4) is 0 Å². The molecule has 1 fully saturated rings. The van der Waals surface area contributed by atoms with Crippen molar-refractivity contribution in [3.05, 3.63) is 35.4 Å². The van der Waals surface area contributed by atoms with E-state index in [9.17, 15) is 0 Å². The van der Waals surface area contributed by atoms with Crippen molar-refractivity contribution in [2.45, 2.75) is 57.9 Å². The Morgan fingerprint density at radius 3 is 2.82 bits per heavy atom. The fourth-order valence-corrected chi connectivity index (χ4v) is 3.09. The fourth-order valence-electron chi connectivity index (χ4n) is 3.09. The van der Waals surface area contributed by atoms with Crippen LogP contribution in [0.25, 0.3) is 0 Å². The van der Waals surface area contributed by atoms with Crippen LogP contribution in [0.1, 0.15) is 62.5 Å². The third-order valence-corrected chi connectivity index (χ3v) is 4.32. The molecule has 1 aromatic carbocycles. The normalized spacial score (nSPS) is 25.5. The fraction of sp³-hybridized carbons (Fsp3) is 0.625. The quantitative estimate of drug-likeness (QED) is 0.774. The van der Waals surface area contributed by atoms with Crippen LogP contribution in [0.15, 0.2) is 24.3 Å². The van der Waals surface area contributed by atoms with Crippen molar-refractivity contribution < 1.29 is 0 Å². The lowest BCUT2D eigenvalue weighted by molar-refractivity contribution is 0.443. The lowest BCUT2D eigenvalue weighted by Crippen LogP contribution is -2.01. The van der Waals surface area contributed by atoms with Gasteiger partial charge in [-0.25, -0.2) is 0 Å². The van der Waals surface area contributed by atoms with Gasteiger partial charge in [-0.3, -0.25) is 0 Å². The number of hydrogen-bond acceptors (Lipinski definition) is 1. The van der Waals surface area contributed by atoms with E-state index in [4.69, 9.17) is 5.73 Å². The molecule has 1 aliphatic rings. The van der Waals surface area contributed by atoms with Crippen LogP contribution < -0.4 is 5.73 Å². The van der Waals surface area contributed by atoms with Crippen LogP contribution in [0, 0.1) is 5.92 Å². The first-order valence-corrected chi connectivity index (χ1v) is 7.12. The Morgan fingerprint density at radius 1 is 1.18 bits per heavy atom. The monoisotopic (exact) mass is 231 g/mol. The van der Waals surface area contributed by atoms with E-state index in [1.165, 1.54) is 49.7 Å². The molecule has 2 rings (SSSR count). The Bertz CT molecular complexity index is 345. The van der Waals surface area contributed by atoms with Crippen molar-refractivity contribution in [1.82, 2.24) is 0 Å². The molecule has 17 heavy (non-hydrogen) atoms. The summed E-state index contributed by atoms with van der Waals surface area (Å²) < 4.78 is 0. The van der Waals surface area contributed by atoms with Gasteiger partial charge in [-0.2, -0.15) is 0 Å². The summed E-state index contributed by atoms with van der Waals surface area (Å²) in [6.45, 7) is 3.00. The first-order valence-electron chi connectivity index (χ1n) is 7.12. The minimum absolute atomic E-state index is 0.665. The first kappa shape index (κ1) is 12.6. The summed E-state index contributed by atoms with van der Waals surface area (Å²) in [4.78, 5) is 0. The van der Waals surface area contributed by atoms with E-state index in [0.29, 0.717) is 6.54 Å². The zero-order valence-electron chi connectivity index (χ0n) is 11.0. The second kappa shape index (κ2) is 6.20. The summed E-state index contributed by atoms with van der Waals surface area (Å²) in [5.41, 5.74) is 8.52. The third kappa shape index (κ3) is 3.32. The number of nitrogens with two attached hydrogens (primary N) is 1. The predicted molar refractivity (Wildman–Crippen MR) is 73.9 cm³/mol. The van der Waals surface area contributed by atoms with Gasteiger partial charge in [-0.15, -0.1) is 0 Å². The molecular formula is C16H25N. The Morgan fingerprint density at radius 2 is 2.06 bits per heavy atom. The molecule has 0 saturated heterocycles. The summed E-state index contributed by atoms with van der Waals surface area (Å²) in [5, 5.41) is 0. The van der Waals surface area contributed by atoms with Gasteiger partial charge in [0.25, 0.3) is 0 Å². The van der Waals surface area contributed by atoms with Crippen LogP contribution in [-0.4, -0.2) is 0 Å². The lowest BCUT2D eigenvalue weighted by Gasteiger charge is -2.16. The largest absolute Gasteiger partial charge is 0.326 e. The van der Waals surface area contributed by atoms with E-state index in [1.54, 1.807) is 0 Å². The van der Waals surface area contributed by atoms with E-state index >= 15 is 0 Å². The molecule has 0 amide bonds. The van der Waals surface area contributed by atoms with E-state index in [1.807, 2.05) is 0 Å². The molecule has 2 N–H and O–H groups in total. The molecule has 0 aromatic heterocycles. The zero-order chi connectivity index (χ0) is 12.1. The molecular weight excluding hydrogens is 206 g/mol. The number of rotatable bonds is 3. The first-order chi connectivity index (χ1) is 8.33. The van der Waals surface area contributed by atoms with E-state index in [2.05, 4.69) is 31.2 Å². The van der Waals surface area contributed by atoms with Gasteiger partial charge in [-0.1, -0.05) is 50.5 Å². The molecule has 1 aliphatic carbocycles. The summed E-state index contributed by atoms with van der Waals surface area (Å²) >= 11 is 0. The van der Waals surface area contributed by atoms with Gasteiger partial charge in [0.1, 0.15) is 0 Å². The summed E-state index contributed by atoms with van der Waals surface area (Å²) in [6.07, 6.45) is 8.33. The molecule has 2 atom stereocenters. The molecule has 94 valence electrons. The van der Waals surface area contributed by atoms with Crippen molar-refractivity contribution in [2.75, 3.05) is 0 Å². The zero-order valence-corrected chi connectivity index (χ0v) is 11.0. The molecule has 1 saturated carbocycles. The SMILES string of the molecule is CCC1CCCC(c2cccc(CN)c2)CC1. The average Bonchev–Trinajstić information content (AvgIpc) is 2.64. The summed E-state index contributed by atoms with van der Waals surface area (Å²) in [7, 11) is 0. The highest BCUT2D eigenvalue weighted by atomic mass is 14.5. The molecule has 2 unspecified atom stereocenters. The van der Waals surface area contributed by atoms with Gasteiger partial charge in [0, 0.05) is 6.54 Å². The highest BCUT2D eigenvalue weighted by Crippen LogP contribution is 2.35. The van der Waals surface area contributed by atoms with Crippen LogP contribution in [0.5, 0.6) is 0 Å². The Labute approximate surface area is 105 Å². The predicted octanol–water partition coefficient (Wildman–Crippen LogP) is 4.22. The molecule has 1 heteroatoms. The maximum atomic E-state index is 5.72. The minimum atomic E-state index is 0.665. The van der Waals surface area contributed by atoms with Crippen LogP contribution in [0.4, 0.5) is 0 Å². The smallest absolute Gasteiger partial charge is 0.0178 e. The highest BCUT2D eigenvalue weighted by molar-refractivity contribution is 5.26. The Hall–Kier alpha value is -0.820. The maximum Gasteiger partial charge on any atom is 0.0178 e. The Balaban J connectivity index is 2.05. The van der Waals surface area contributed by atoms with Gasteiger partial charge >= 0.3 is 0 Å². The van der Waals surface area contributed by atoms with Crippen molar-refractivity contribution in [3.63, 3.8) is 0 Å². The van der Waals surface area contributed by atoms with Crippen LogP contribution in [-0.2, 0) is 6.54 Å². The third-order valence-electron chi connectivity index (χ3n) is 4.32. The molecule has 1 aromatic rings. The highest BCUT2D eigenvalue weighted by Gasteiger charge is 2.19. The van der Waals surface area contributed by atoms with Crippen molar-refractivity contribution >= 4 is 0 Å².